The van der Waals surface area contributed by atoms with E-state index in [9.17, 15) is 0 Å². The van der Waals surface area contributed by atoms with Crippen LogP contribution in [0.15, 0.2) is 29.3 Å². The van der Waals surface area contributed by atoms with Crippen LogP contribution >= 0.6 is 15.9 Å². The SMILES string of the molecule is C=C(C)c1cc(Br)cc(C2(N)CC2)c1. The maximum absolute atomic E-state index is 6.16. The Bertz CT molecular complexity index is 391. The first-order valence-corrected chi connectivity index (χ1v) is 5.56. The van der Waals surface area contributed by atoms with Crippen molar-refractivity contribution in [1.29, 1.82) is 0 Å². The van der Waals surface area contributed by atoms with Gasteiger partial charge in [0.25, 0.3) is 0 Å². The maximum Gasteiger partial charge on any atom is 0.0411 e. The fraction of sp³-hybridized carbons (Fsp3) is 0.333. The van der Waals surface area contributed by atoms with E-state index in [1.165, 1.54) is 11.1 Å². The van der Waals surface area contributed by atoms with Crippen LogP contribution < -0.4 is 5.73 Å². The Morgan fingerprint density at radius 2 is 2.07 bits per heavy atom. The smallest absolute Gasteiger partial charge is 0.0411 e. The van der Waals surface area contributed by atoms with E-state index < -0.39 is 0 Å². The fourth-order valence-electron chi connectivity index (χ4n) is 1.55. The molecule has 74 valence electrons. The molecule has 2 heteroatoms. The summed E-state index contributed by atoms with van der Waals surface area (Å²) in [5.74, 6) is 0. The molecule has 2 rings (SSSR count). The van der Waals surface area contributed by atoms with Crippen LogP contribution in [0.2, 0.25) is 0 Å². The van der Waals surface area contributed by atoms with Crippen LogP contribution in [-0.2, 0) is 5.54 Å². The lowest BCUT2D eigenvalue weighted by Gasteiger charge is -2.12. The van der Waals surface area contributed by atoms with Gasteiger partial charge in [-0.1, -0.05) is 28.1 Å². The number of benzene rings is 1. The lowest BCUT2D eigenvalue weighted by Crippen LogP contribution is -2.18. The van der Waals surface area contributed by atoms with Crippen molar-refractivity contribution in [3.63, 3.8) is 0 Å². The minimum absolute atomic E-state index is 0.0615. The van der Waals surface area contributed by atoms with Gasteiger partial charge in [0.2, 0.25) is 0 Å². The molecule has 0 saturated heterocycles. The summed E-state index contributed by atoms with van der Waals surface area (Å²) in [6, 6.07) is 6.34. The molecule has 0 amide bonds. The van der Waals surface area contributed by atoms with Crippen molar-refractivity contribution >= 4 is 21.5 Å². The number of hydrogen-bond donors (Lipinski definition) is 1. The minimum Gasteiger partial charge on any atom is -0.321 e. The van der Waals surface area contributed by atoms with Gasteiger partial charge in [0.05, 0.1) is 0 Å². The third-order valence-corrected chi connectivity index (χ3v) is 3.21. The molecule has 2 N–H and O–H groups in total. The first-order valence-electron chi connectivity index (χ1n) is 4.77. The summed E-state index contributed by atoms with van der Waals surface area (Å²) in [5, 5.41) is 0. The van der Waals surface area contributed by atoms with E-state index in [-0.39, 0.29) is 5.54 Å². The molecular weight excluding hydrogens is 238 g/mol. The third-order valence-electron chi connectivity index (χ3n) is 2.75. The molecule has 1 saturated carbocycles. The highest BCUT2D eigenvalue weighted by Crippen LogP contribution is 2.43. The predicted octanol–water partition coefficient (Wildman–Crippen LogP) is 3.43. The second-order valence-electron chi connectivity index (χ2n) is 4.17. The van der Waals surface area contributed by atoms with Crippen LogP contribution in [0.4, 0.5) is 0 Å². The van der Waals surface area contributed by atoms with E-state index in [4.69, 9.17) is 5.73 Å². The Balaban J connectivity index is 2.47. The molecule has 0 atom stereocenters. The average Bonchev–Trinajstić information content (AvgIpc) is 2.84. The molecule has 0 radical (unpaired) electrons. The highest BCUT2D eigenvalue weighted by molar-refractivity contribution is 9.10. The Kier molecular flexibility index (Phi) is 2.28. The molecule has 1 aliphatic carbocycles. The molecule has 14 heavy (non-hydrogen) atoms. The number of halogens is 1. The summed E-state index contributed by atoms with van der Waals surface area (Å²) >= 11 is 3.50. The molecule has 1 aromatic carbocycles. The van der Waals surface area contributed by atoms with Crippen LogP contribution in [0.3, 0.4) is 0 Å². The maximum atomic E-state index is 6.16. The van der Waals surface area contributed by atoms with Crippen molar-refractivity contribution in [2.75, 3.05) is 0 Å². The predicted molar refractivity (Wildman–Crippen MR) is 63.9 cm³/mol. The van der Waals surface area contributed by atoms with E-state index >= 15 is 0 Å². The normalized spacial score (nSPS) is 17.9. The molecular formula is C12H14BrN. The van der Waals surface area contributed by atoms with Crippen LogP contribution in [0.5, 0.6) is 0 Å². The summed E-state index contributed by atoms with van der Waals surface area (Å²) in [4.78, 5) is 0. The molecule has 1 fully saturated rings. The molecule has 0 spiro atoms. The summed E-state index contributed by atoms with van der Waals surface area (Å²) in [5.41, 5.74) is 9.57. The van der Waals surface area contributed by atoms with E-state index in [0.29, 0.717) is 0 Å². The molecule has 0 aliphatic heterocycles. The third kappa shape index (κ3) is 1.77. The van der Waals surface area contributed by atoms with E-state index in [1.54, 1.807) is 0 Å². The van der Waals surface area contributed by atoms with Gasteiger partial charge in [-0.15, -0.1) is 0 Å². The van der Waals surface area contributed by atoms with Crippen molar-refractivity contribution in [2.45, 2.75) is 25.3 Å². The zero-order valence-electron chi connectivity index (χ0n) is 8.31. The zero-order chi connectivity index (χ0) is 10.3. The Labute approximate surface area is 93.1 Å². The molecule has 0 unspecified atom stereocenters. The lowest BCUT2D eigenvalue weighted by molar-refractivity contribution is 0.739. The number of nitrogens with two attached hydrogens (primary N) is 1. The second kappa shape index (κ2) is 3.21. The average molecular weight is 252 g/mol. The second-order valence-corrected chi connectivity index (χ2v) is 5.08. The zero-order valence-corrected chi connectivity index (χ0v) is 9.89. The molecule has 0 aromatic heterocycles. The molecule has 1 aromatic rings. The van der Waals surface area contributed by atoms with Crippen molar-refractivity contribution in [3.05, 3.63) is 40.4 Å². The highest BCUT2D eigenvalue weighted by Gasteiger charge is 2.40. The van der Waals surface area contributed by atoms with Crippen LogP contribution in [0.1, 0.15) is 30.9 Å². The van der Waals surface area contributed by atoms with Crippen molar-refractivity contribution in [3.8, 4) is 0 Å². The monoisotopic (exact) mass is 251 g/mol. The van der Waals surface area contributed by atoms with E-state index in [1.807, 2.05) is 6.92 Å². The Morgan fingerprint density at radius 1 is 1.43 bits per heavy atom. The van der Waals surface area contributed by atoms with Gasteiger partial charge in [0.15, 0.2) is 0 Å². The largest absolute Gasteiger partial charge is 0.321 e. The van der Waals surface area contributed by atoms with Crippen molar-refractivity contribution in [2.24, 2.45) is 5.73 Å². The van der Waals surface area contributed by atoms with Gasteiger partial charge in [0, 0.05) is 10.0 Å². The molecule has 1 nitrogen and oxygen atoms in total. The first kappa shape index (κ1) is 9.94. The van der Waals surface area contributed by atoms with Gasteiger partial charge in [-0.3, -0.25) is 0 Å². The number of hydrogen-bond acceptors (Lipinski definition) is 1. The van der Waals surface area contributed by atoms with Crippen LogP contribution in [-0.4, -0.2) is 0 Å². The summed E-state index contributed by atoms with van der Waals surface area (Å²) in [6.45, 7) is 5.96. The summed E-state index contributed by atoms with van der Waals surface area (Å²) in [7, 11) is 0. The van der Waals surface area contributed by atoms with E-state index in [0.717, 1.165) is 22.9 Å². The van der Waals surface area contributed by atoms with Gasteiger partial charge in [-0.25, -0.2) is 0 Å². The molecule has 0 heterocycles. The van der Waals surface area contributed by atoms with Crippen LogP contribution in [0, 0.1) is 0 Å². The molecule has 1 aliphatic rings. The summed E-state index contributed by atoms with van der Waals surface area (Å²) in [6.07, 6.45) is 2.19. The quantitative estimate of drug-likeness (QED) is 0.857. The van der Waals surface area contributed by atoms with Gasteiger partial charge in [0.1, 0.15) is 0 Å². The molecule has 0 bridgehead atoms. The Hall–Kier alpha value is -0.600. The van der Waals surface area contributed by atoms with Crippen molar-refractivity contribution < 1.29 is 0 Å². The minimum atomic E-state index is -0.0615. The highest BCUT2D eigenvalue weighted by atomic mass is 79.9. The van der Waals surface area contributed by atoms with Gasteiger partial charge >= 0.3 is 0 Å². The lowest BCUT2D eigenvalue weighted by atomic mass is 10.00. The van der Waals surface area contributed by atoms with Gasteiger partial charge in [-0.05, 0) is 49.1 Å². The number of allylic oxidation sites excluding steroid dienone is 1. The topological polar surface area (TPSA) is 26.0 Å². The first-order chi connectivity index (χ1) is 6.51. The summed E-state index contributed by atoms with van der Waals surface area (Å²) < 4.78 is 1.09. The Morgan fingerprint density at radius 3 is 2.57 bits per heavy atom. The van der Waals surface area contributed by atoms with Gasteiger partial charge < -0.3 is 5.73 Å². The number of rotatable bonds is 2. The van der Waals surface area contributed by atoms with Gasteiger partial charge in [-0.2, -0.15) is 0 Å². The van der Waals surface area contributed by atoms with Crippen LogP contribution in [0.25, 0.3) is 5.57 Å². The fourth-order valence-corrected chi connectivity index (χ4v) is 2.04. The standard InChI is InChI=1S/C12H14BrN/c1-8(2)9-5-10(7-11(13)6-9)12(14)3-4-12/h5-7H,1,3-4,14H2,2H3. The van der Waals surface area contributed by atoms with Crippen molar-refractivity contribution in [1.82, 2.24) is 0 Å². The van der Waals surface area contributed by atoms with E-state index in [2.05, 4.69) is 40.7 Å².